The summed E-state index contributed by atoms with van der Waals surface area (Å²) in [6.07, 6.45) is 0. The first-order chi connectivity index (χ1) is 20.5. The van der Waals surface area contributed by atoms with Crippen LogP contribution < -0.4 is 5.63 Å². The average molecular weight is 541 g/mol. The fraction of sp³-hybridized carbons (Fsp3) is 0.0750. The van der Waals surface area contributed by atoms with Gasteiger partial charge in [-0.3, -0.25) is 0 Å². The normalized spacial score (nSPS) is 13.3. The Hall–Kier alpha value is -5.21. The second kappa shape index (κ2) is 9.15. The Morgan fingerprint density at radius 2 is 0.905 bits per heavy atom. The van der Waals surface area contributed by atoms with Crippen molar-refractivity contribution in [3.05, 3.63) is 155 Å². The molecule has 2 nitrogen and oxygen atoms in total. The third kappa shape index (κ3) is 3.62. The van der Waals surface area contributed by atoms with Crippen LogP contribution in [0.15, 0.2) is 143 Å². The maximum Gasteiger partial charge on any atom is 0.344 e. The fourth-order valence-corrected chi connectivity index (χ4v) is 6.83. The van der Waals surface area contributed by atoms with Crippen LogP contribution in [0.3, 0.4) is 0 Å². The molecule has 200 valence electrons. The van der Waals surface area contributed by atoms with E-state index in [2.05, 4.69) is 123 Å². The lowest BCUT2D eigenvalue weighted by Gasteiger charge is -2.23. The number of hydrogen-bond acceptors (Lipinski definition) is 2. The van der Waals surface area contributed by atoms with Crippen LogP contribution in [0.2, 0.25) is 0 Å². The van der Waals surface area contributed by atoms with Crippen LogP contribution in [0.4, 0.5) is 0 Å². The molecule has 0 spiro atoms. The summed E-state index contributed by atoms with van der Waals surface area (Å²) < 4.78 is 6.14. The van der Waals surface area contributed by atoms with E-state index in [9.17, 15) is 4.79 Å². The predicted octanol–water partition coefficient (Wildman–Crippen LogP) is 10.3. The second-order valence-electron chi connectivity index (χ2n) is 11.7. The lowest BCUT2D eigenvalue weighted by molar-refractivity contribution is 0.569. The lowest BCUT2D eigenvalue weighted by atomic mass is 9.79. The van der Waals surface area contributed by atoms with E-state index in [4.69, 9.17) is 4.42 Å². The van der Waals surface area contributed by atoms with Crippen molar-refractivity contribution < 1.29 is 4.42 Å². The third-order valence-electron chi connectivity index (χ3n) is 8.91. The zero-order valence-electron chi connectivity index (χ0n) is 23.5. The maximum absolute atomic E-state index is 13.7. The van der Waals surface area contributed by atoms with E-state index in [-0.39, 0.29) is 11.0 Å². The zero-order chi connectivity index (χ0) is 28.4. The molecule has 0 atom stereocenters. The summed E-state index contributed by atoms with van der Waals surface area (Å²) in [7, 11) is 0. The van der Waals surface area contributed by atoms with Crippen molar-refractivity contribution in [2.24, 2.45) is 0 Å². The van der Waals surface area contributed by atoms with E-state index in [1.165, 1.54) is 11.1 Å². The molecule has 0 unspecified atom stereocenters. The first-order valence-corrected chi connectivity index (χ1v) is 14.4. The van der Waals surface area contributed by atoms with Crippen molar-refractivity contribution in [1.82, 2.24) is 0 Å². The Kier molecular flexibility index (Phi) is 5.36. The number of rotatable bonds is 4. The van der Waals surface area contributed by atoms with Gasteiger partial charge in [0, 0.05) is 16.2 Å². The third-order valence-corrected chi connectivity index (χ3v) is 8.91. The van der Waals surface area contributed by atoms with Gasteiger partial charge in [-0.05, 0) is 79.9 Å². The van der Waals surface area contributed by atoms with Crippen molar-refractivity contribution in [3.8, 4) is 44.5 Å². The Morgan fingerprint density at radius 3 is 1.43 bits per heavy atom. The van der Waals surface area contributed by atoms with Crippen molar-refractivity contribution in [2.75, 3.05) is 0 Å². The minimum atomic E-state index is -0.322. The van der Waals surface area contributed by atoms with Crippen LogP contribution in [0, 0.1) is 0 Å². The predicted molar refractivity (Wildman–Crippen MR) is 174 cm³/mol. The highest BCUT2D eigenvalue weighted by Crippen LogP contribution is 2.51. The summed E-state index contributed by atoms with van der Waals surface area (Å²) in [6.45, 7) is 4.53. The Bertz CT molecular complexity index is 2220. The molecule has 1 aliphatic rings. The molecule has 6 aromatic carbocycles. The SMILES string of the molecule is CC1(C)c2cc(-c3ccccc3-c3ccccc3)cc3oc(=O)c4cc(-c5ccccc5-c5ccccc5)cc1c4c23. The van der Waals surface area contributed by atoms with Crippen LogP contribution >= 0.6 is 0 Å². The molecular formula is C40H28O2. The minimum Gasteiger partial charge on any atom is -0.422 e. The van der Waals surface area contributed by atoms with Crippen molar-refractivity contribution >= 4 is 21.7 Å². The van der Waals surface area contributed by atoms with Gasteiger partial charge in [0.1, 0.15) is 5.58 Å². The van der Waals surface area contributed by atoms with E-state index in [1.807, 2.05) is 24.3 Å². The maximum atomic E-state index is 13.7. The molecule has 1 heterocycles. The summed E-state index contributed by atoms with van der Waals surface area (Å²) in [5, 5.41) is 2.71. The highest BCUT2D eigenvalue weighted by atomic mass is 16.4. The molecule has 0 fully saturated rings. The summed E-state index contributed by atoms with van der Waals surface area (Å²) >= 11 is 0. The van der Waals surface area contributed by atoms with Gasteiger partial charge in [-0.2, -0.15) is 0 Å². The number of benzene rings is 6. The molecular weight excluding hydrogens is 512 g/mol. The van der Waals surface area contributed by atoms with E-state index >= 15 is 0 Å². The van der Waals surface area contributed by atoms with E-state index in [0.29, 0.717) is 11.0 Å². The van der Waals surface area contributed by atoms with Crippen LogP contribution in [0.5, 0.6) is 0 Å². The largest absolute Gasteiger partial charge is 0.422 e. The van der Waals surface area contributed by atoms with Gasteiger partial charge in [-0.15, -0.1) is 0 Å². The molecule has 2 heteroatoms. The van der Waals surface area contributed by atoms with Crippen molar-refractivity contribution in [3.63, 3.8) is 0 Å². The molecule has 0 saturated heterocycles. The monoisotopic (exact) mass is 540 g/mol. The van der Waals surface area contributed by atoms with Crippen LogP contribution in [-0.2, 0) is 5.41 Å². The quantitative estimate of drug-likeness (QED) is 0.164. The minimum absolute atomic E-state index is 0.296. The molecule has 0 bridgehead atoms. The summed E-state index contributed by atoms with van der Waals surface area (Å²) in [5.74, 6) is 0. The van der Waals surface area contributed by atoms with Gasteiger partial charge in [0.2, 0.25) is 0 Å². The molecule has 7 aromatic rings. The molecule has 8 rings (SSSR count). The molecule has 0 aliphatic heterocycles. The smallest absolute Gasteiger partial charge is 0.344 e. The van der Waals surface area contributed by atoms with Crippen LogP contribution in [-0.4, -0.2) is 0 Å². The Morgan fingerprint density at radius 1 is 0.476 bits per heavy atom. The lowest BCUT2D eigenvalue weighted by Crippen LogP contribution is -2.15. The fourth-order valence-electron chi connectivity index (χ4n) is 6.83. The number of hydrogen-bond donors (Lipinski definition) is 0. The first-order valence-electron chi connectivity index (χ1n) is 14.4. The van der Waals surface area contributed by atoms with Gasteiger partial charge in [-0.25, -0.2) is 4.79 Å². The molecule has 0 radical (unpaired) electrons. The topological polar surface area (TPSA) is 30.2 Å². The zero-order valence-corrected chi connectivity index (χ0v) is 23.5. The van der Waals surface area contributed by atoms with Gasteiger partial charge in [-0.1, -0.05) is 123 Å². The summed E-state index contributed by atoms with van der Waals surface area (Å²) in [6, 6.07) is 46.4. The Balaban J connectivity index is 1.37. The molecule has 0 amide bonds. The second-order valence-corrected chi connectivity index (χ2v) is 11.7. The summed E-state index contributed by atoms with van der Waals surface area (Å²) in [5.41, 5.74) is 11.3. The van der Waals surface area contributed by atoms with Crippen LogP contribution in [0.1, 0.15) is 25.0 Å². The highest BCUT2D eigenvalue weighted by molar-refractivity contribution is 6.14. The van der Waals surface area contributed by atoms with Crippen molar-refractivity contribution in [1.29, 1.82) is 0 Å². The highest BCUT2D eigenvalue weighted by Gasteiger charge is 2.37. The molecule has 1 aliphatic carbocycles. The standard InChI is InChI=1S/C40H28O2/c1-40(2)34-22-27(31-19-11-9-17-29(31)25-13-5-3-6-14-25)21-33-37(34)38-35(40)23-28(24-36(38)42-39(33)41)32-20-12-10-18-30(32)26-15-7-4-8-16-26/h3-24H,1-2H3. The average Bonchev–Trinajstić information content (AvgIpc) is 3.27. The van der Waals surface area contributed by atoms with Gasteiger partial charge >= 0.3 is 5.63 Å². The van der Waals surface area contributed by atoms with Crippen molar-refractivity contribution in [2.45, 2.75) is 19.3 Å². The van der Waals surface area contributed by atoms with Crippen LogP contribution in [0.25, 0.3) is 66.2 Å². The van der Waals surface area contributed by atoms with Gasteiger partial charge in [0.15, 0.2) is 0 Å². The molecule has 0 saturated carbocycles. The van der Waals surface area contributed by atoms with Gasteiger partial charge in [0.25, 0.3) is 0 Å². The molecule has 1 aromatic heterocycles. The summed E-state index contributed by atoms with van der Waals surface area (Å²) in [4.78, 5) is 13.7. The van der Waals surface area contributed by atoms with Gasteiger partial charge in [0.05, 0.1) is 5.39 Å². The first kappa shape index (κ1) is 24.6. The van der Waals surface area contributed by atoms with E-state index < -0.39 is 0 Å². The molecule has 42 heavy (non-hydrogen) atoms. The van der Waals surface area contributed by atoms with E-state index in [0.717, 1.165) is 55.3 Å². The van der Waals surface area contributed by atoms with Gasteiger partial charge < -0.3 is 4.42 Å². The van der Waals surface area contributed by atoms with E-state index in [1.54, 1.807) is 0 Å². The molecule has 0 N–H and O–H groups in total. The Labute approximate surface area is 244 Å².